The Kier molecular flexibility index (Phi) is 1.12. The summed E-state index contributed by atoms with van der Waals surface area (Å²) in [5.74, 6) is -0.328. The third-order valence-electron chi connectivity index (χ3n) is 1.89. The Morgan fingerprint density at radius 1 is 1.64 bits per heavy atom. The molecular weight excluding hydrogens is 140 g/mol. The van der Waals surface area contributed by atoms with Gasteiger partial charge in [0, 0.05) is 6.20 Å². The molecular formula is C8H8N2O. The van der Waals surface area contributed by atoms with Crippen molar-refractivity contribution < 1.29 is 4.79 Å². The first kappa shape index (κ1) is 6.22. The van der Waals surface area contributed by atoms with E-state index in [1.165, 1.54) is 0 Å². The Balaban J connectivity index is 2.31. The van der Waals surface area contributed by atoms with E-state index in [9.17, 15) is 4.79 Å². The van der Waals surface area contributed by atoms with Crippen LogP contribution in [0.4, 0.5) is 0 Å². The summed E-state index contributed by atoms with van der Waals surface area (Å²) in [6.45, 7) is 0. The van der Waals surface area contributed by atoms with Gasteiger partial charge in [-0.25, -0.2) is 0 Å². The Bertz CT molecular complexity index is 299. The van der Waals surface area contributed by atoms with Gasteiger partial charge >= 0.3 is 0 Å². The molecule has 0 radical (unpaired) electrons. The summed E-state index contributed by atoms with van der Waals surface area (Å²) in [7, 11) is 0. The molecule has 1 atom stereocenters. The van der Waals surface area contributed by atoms with Crippen molar-refractivity contribution in [3.8, 4) is 0 Å². The van der Waals surface area contributed by atoms with Gasteiger partial charge in [-0.2, -0.15) is 0 Å². The predicted molar refractivity (Wildman–Crippen MR) is 41.4 cm³/mol. The molecule has 0 aromatic heterocycles. The fourth-order valence-electron chi connectivity index (χ4n) is 1.34. The van der Waals surface area contributed by atoms with Gasteiger partial charge in [-0.1, -0.05) is 18.2 Å². The van der Waals surface area contributed by atoms with E-state index in [2.05, 4.69) is 5.32 Å². The number of carbonyl (C=O) groups excluding carboxylic acids is 1. The highest BCUT2D eigenvalue weighted by molar-refractivity contribution is 5.87. The molecule has 0 saturated heterocycles. The van der Waals surface area contributed by atoms with Gasteiger partial charge in [0.25, 0.3) is 0 Å². The molecule has 3 nitrogen and oxygen atoms in total. The van der Waals surface area contributed by atoms with Crippen molar-refractivity contribution in [3.05, 3.63) is 35.6 Å². The molecule has 0 bridgehead atoms. The normalized spacial score (nSPS) is 25.6. The average Bonchev–Trinajstić information content (AvgIpc) is 2.41. The maximum Gasteiger partial charge on any atom is 0.244 e. The number of nitrogens with one attached hydrogen (secondary N) is 1. The smallest absolute Gasteiger partial charge is 0.244 e. The molecule has 0 spiro atoms. The van der Waals surface area contributed by atoms with Crippen LogP contribution in [-0.4, -0.2) is 11.9 Å². The van der Waals surface area contributed by atoms with Crippen molar-refractivity contribution in [1.29, 1.82) is 0 Å². The van der Waals surface area contributed by atoms with E-state index in [1.54, 1.807) is 0 Å². The lowest BCUT2D eigenvalue weighted by Gasteiger charge is -2.06. The maximum absolute atomic E-state index is 10.8. The van der Waals surface area contributed by atoms with Crippen LogP contribution in [0.25, 0.3) is 0 Å². The maximum atomic E-state index is 10.8. The minimum absolute atomic E-state index is 0.319. The summed E-state index contributed by atoms with van der Waals surface area (Å²) in [5.41, 5.74) is 7.20. The third kappa shape index (κ3) is 0.774. The van der Waals surface area contributed by atoms with Crippen molar-refractivity contribution in [1.82, 2.24) is 5.32 Å². The van der Waals surface area contributed by atoms with Crippen LogP contribution >= 0.6 is 0 Å². The second-order valence-electron chi connectivity index (χ2n) is 2.58. The Labute approximate surface area is 64.3 Å². The number of primary amides is 1. The first-order chi connectivity index (χ1) is 5.29. The van der Waals surface area contributed by atoms with Gasteiger partial charge in [0.2, 0.25) is 5.91 Å². The van der Waals surface area contributed by atoms with Crippen molar-refractivity contribution in [2.75, 3.05) is 0 Å². The number of hydrogen-bond acceptors (Lipinski definition) is 2. The minimum Gasteiger partial charge on any atom is -0.376 e. The monoisotopic (exact) mass is 148 g/mol. The first-order valence-electron chi connectivity index (χ1n) is 3.43. The lowest BCUT2D eigenvalue weighted by Crippen LogP contribution is -2.36. The van der Waals surface area contributed by atoms with Gasteiger partial charge < -0.3 is 11.1 Å². The van der Waals surface area contributed by atoms with Gasteiger partial charge in [0.1, 0.15) is 6.04 Å². The van der Waals surface area contributed by atoms with Crippen molar-refractivity contribution in [3.63, 3.8) is 0 Å². The molecule has 56 valence electrons. The van der Waals surface area contributed by atoms with Crippen LogP contribution < -0.4 is 11.1 Å². The Hall–Kier alpha value is -1.51. The molecule has 2 rings (SSSR count). The van der Waals surface area contributed by atoms with Crippen LogP contribution in [-0.2, 0) is 4.79 Å². The van der Waals surface area contributed by atoms with Crippen molar-refractivity contribution >= 4 is 5.91 Å². The van der Waals surface area contributed by atoms with Crippen molar-refractivity contribution in [2.45, 2.75) is 6.04 Å². The molecule has 1 heterocycles. The van der Waals surface area contributed by atoms with Gasteiger partial charge in [-0.15, -0.1) is 0 Å². The third-order valence-corrected chi connectivity index (χ3v) is 1.89. The number of hydrogen-bond donors (Lipinski definition) is 2. The molecule has 1 amide bonds. The standard InChI is InChI=1S/C8H8N2O/c9-8(11)7-6-3-1-2-5(6)4-10-7/h1-4,7,10H,(H2,9,11). The largest absolute Gasteiger partial charge is 0.376 e. The summed E-state index contributed by atoms with van der Waals surface area (Å²) < 4.78 is 0. The van der Waals surface area contributed by atoms with Crippen LogP contribution in [0.2, 0.25) is 0 Å². The van der Waals surface area contributed by atoms with Crippen LogP contribution in [0.5, 0.6) is 0 Å². The number of rotatable bonds is 1. The molecule has 1 unspecified atom stereocenters. The zero-order valence-corrected chi connectivity index (χ0v) is 5.87. The topological polar surface area (TPSA) is 55.1 Å². The van der Waals surface area contributed by atoms with Crippen LogP contribution in [0.15, 0.2) is 35.6 Å². The zero-order valence-electron chi connectivity index (χ0n) is 5.87. The summed E-state index contributed by atoms with van der Waals surface area (Å²) in [6, 6.07) is -0.319. The number of nitrogens with two attached hydrogens (primary N) is 1. The van der Waals surface area contributed by atoms with Gasteiger partial charge in [0.05, 0.1) is 0 Å². The molecule has 0 fully saturated rings. The van der Waals surface area contributed by atoms with E-state index in [4.69, 9.17) is 5.73 Å². The minimum atomic E-state index is -0.328. The Morgan fingerprint density at radius 2 is 2.45 bits per heavy atom. The fourth-order valence-corrected chi connectivity index (χ4v) is 1.34. The quantitative estimate of drug-likeness (QED) is 0.542. The van der Waals surface area contributed by atoms with E-state index in [0.29, 0.717) is 0 Å². The van der Waals surface area contributed by atoms with Crippen LogP contribution in [0.1, 0.15) is 0 Å². The van der Waals surface area contributed by atoms with E-state index < -0.39 is 0 Å². The van der Waals surface area contributed by atoms with E-state index in [0.717, 1.165) is 11.1 Å². The van der Waals surface area contributed by atoms with Crippen LogP contribution in [0.3, 0.4) is 0 Å². The number of fused-ring (bicyclic) bond motifs is 1. The molecule has 1 aliphatic carbocycles. The molecule has 0 saturated carbocycles. The number of allylic oxidation sites excluding steroid dienone is 3. The zero-order chi connectivity index (χ0) is 7.84. The summed E-state index contributed by atoms with van der Waals surface area (Å²) >= 11 is 0. The highest BCUT2D eigenvalue weighted by atomic mass is 16.1. The molecule has 2 aliphatic rings. The summed E-state index contributed by atoms with van der Waals surface area (Å²) in [4.78, 5) is 10.8. The van der Waals surface area contributed by atoms with Gasteiger partial charge in [0.15, 0.2) is 0 Å². The first-order valence-corrected chi connectivity index (χ1v) is 3.43. The van der Waals surface area contributed by atoms with E-state index in [1.807, 2.05) is 24.4 Å². The predicted octanol–water partition coefficient (Wildman–Crippen LogP) is -0.176. The second-order valence-corrected chi connectivity index (χ2v) is 2.58. The van der Waals surface area contributed by atoms with E-state index in [-0.39, 0.29) is 11.9 Å². The Morgan fingerprint density at radius 3 is 3.18 bits per heavy atom. The summed E-state index contributed by atoms with van der Waals surface area (Å²) in [5, 5.41) is 2.90. The molecule has 3 N–H and O–H groups in total. The lowest BCUT2D eigenvalue weighted by molar-refractivity contribution is -0.118. The molecule has 1 aliphatic heterocycles. The lowest BCUT2D eigenvalue weighted by atomic mass is 10.1. The fraction of sp³-hybridized carbons (Fsp3) is 0.125. The van der Waals surface area contributed by atoms with Gasteiger partial charge in [-0.05, 0) is 11.1 Å². The number of amides is 1. The van der Waals surface area contributed by atoms with E-state index >= 15 is 0 Å². The average molecular weight is 148 g/mol. The van der Waals surface area contributed by atoms with Crippen molar-refractivity contribution in [2.24, 2.45) is 5.73 Å². The highest BCUT2D eigenvalue weighted by Gasteiger charge is 2.27. The number of carbonyl (C=O) groups is 1. The summed E-state index contributed by atoms with van der Waals surface area (Å²) in [6.07, 6.45) is 7.58. The molecule has 3 heteroatoms. The molecule has 0 aromatic rings. The van der Waals surface area contributed by atoms with Crippen LogP contribution in [0, 0.1) is 0 Å². The molecule has 11 heavy (non-hydrogen) atoms. The second kappa shape index (κ2) is 1.99. The highest BCUT2D eigenvalue weighted by Crippen LogP contribution is 2.25. The SMILES string of the molecule is NC(=O)C1NC=C2C=CC=C21. The van der Waals surface area contributed by atoms with Gasteiger partial charge in [-0.3, -0.25) is 4.79 Å². The molecule has 0 aromatic carbocycles.